The predicted octanol–water partition coefficient (Wildman–Crippen LogP) is 3.13. The van der Waals surface area contributed by atoms with Gasteiger partial charge in [0, 0.05) is 48.9 Å². The number of hydrogen-bond acceptors (Lipinski definition) is 8. The van der Waals surface area contributed by atoms with Gasteiger partial charge < -0.3 is 19.8 Å². The van der Waals surface area contributed by atoms with Crippen LogP contribution in [0.5, 0.6) is 0 Å². The molecule has 2 aromatic heterocycles. The van der Waals surface area contributed by atoms with Gasteiger partial charge in [-0.05, 0) is 33.2 Å². The predicted molar refractivity (Wildman–Crippen MR) is 124 cm³/mol. The lowest BCUT2D eigenvalue weighted by molar-refractivity contribution is -0.193. The van der Waals surface area contributed by atoms with E-state index in [0.717, 1.165) is 45.1 Å². The molecule has 0 aromatic carbocycles. The van der Waals surface area contributed by atoms with Gasteiger partial charge in [0.2, 0.25) is 0 Å². The van der Waals surface area contributed by atoms with Crippen LogP contribution in [0.2, 0.25) is 0 Å². The second-order valence-electron chi connectivity index (χ2n) is 8.41. The molecule has 10 nitrogen and oxygen atoms in total. The first-order valence-corrected chi connectivity index (χ1v) is 11.7. The Morgan fingerprint density at radius 3 is 2.13 bits per heavy atom. The quantitative estimate of drug-likeness (QED) is 0.378. The molecule has 0 spiro atoms. The maximum absolute atomic E-state index is 10.6. The molecular formula is C21H29F6N5O5S. The number of rotatable bonds is 7. The van der Waals surface area contributed by atoms with E-state index in [1.54, 1.807) is 0 Å². The molecule has 1 aliphatic rings. The van der Waals surface area contributed by atoms with Crippen molar-refractivity contribution in [1.29, 1.82) is 0 Å². The number of halogens is 6. The molecule has 3 rings (SSSR count). The Balaban J connectivity index is 0.000000426. The van der Waals surface area contributed by atoms with Crippen LogP contribution in [0, 0.1) is 6.92 Å². The van der Waals surface area contributed by atoms with Crippen molar-refractivity contribution in [2.45, 2.75) is 38.3 Å². The van der Waals surface area contributed by atoms with Crippen molar-refractivity contribution in [2.75, 3.05) is 40.4 Å². The van der Waals surface area contributed by atoms with Gasteiger partial charge in [-0.15, -0.1) is 16.4 Å². The maximum Gasteiger partial charge on any atom is 0.490 e. The largest absolute Gasteiger partial charge is 0.490 e. The highest BCUT2D eigenvalue weighted by Gasteiger charge is 2.39. The molecule has 1 atom stereocenters. The first kappa shape index (κ1) is 33.3. The lowest BCUT2D eigenvalue weighted by Crippen LogP contribution is -2.36. The third-order valence-electron chi connectivity index (χ3n) is 4.84. The zero-order valence-electron chi connectivity index (χ0n) is 21.0. The summed E-state index contributed by atoms with van der Waals surface area (Å²) in [6.45, 7) is 7.42. The van der Waals surface area contributed by atoms with Gasteiger partial charge in [0.1, 0.15) is 5.69 Å². The summed E-state index contributed by atoms with van der Waals surface area (Å²) in [5.74, 6) is -5.18. The number of carboxylic acid groups (broad SMARTS) is 2. The Bertz CT molecular complexity index is 1020. The molecule has 1 aliphatic heterocycles. The summed E-state index contributed by atoms with van der Waals surface area (Å²) in [4.78, 5) is 25.2. The van der Waals surface area contributed by atoms with Gasteiger partial charge in [0.25, 0.3) is 0 Å². The SMILES string of the molecule is Cc1ccc(CN2Cc3nnn(C)c3C(COCCN(C)C)C2)s1.O=C(O)C(F)(F)F.O=C(O)C(F)(F)F. The third-order valence-corrected chi connectivity index (χ3v) is 5.83. The molecule has 17 heteroatoms. The molecule has 1 unspecified atom stereocenters. The van der Waals surface area contributed by atoms with Crippen LogP contribution in [0.3, 0.4) is 0 Å². The van der Waals surface area contributed by atoms with E-state index < -0.39 is 24.3 Å². The molecule has 0 radical (unpaired) electrons. The van der Waals surface area contributed by atoms with Crippen molar-refractivity contribution < 1.29 is 50.9 Å². The minimum Gasteiger partial charge on any atom is -0.475 e. The molecule has 2 aromatic rings. The number of carbonyl (C=O) groups is 2. The summed E-state index contributed by atoms with van der Waals surface area (Å²) >= 11 is 1.87. The highest BCUT2D eigenvalue weighted by molar-refractivity contribution is 7.11. The second-order valence-corrected chi connectivity index (χ2v) is 9.78. The number of aryl methyl sites for hydroxylation is 2. The Morgan fingerprint density at radius 1 is 1.13 bits per heavy atom. The van der Waals surface area contributed by atoms with Crippen LogP contribution in [-0.2, 0) is 34.5 Å². The van der Waals surface area contributed by atoms with Crippen molar-refractivity contribution in [2.24, 2.45) is 7.05 Å². The number of nitrogens with zero attached hydrogens (tertiary/aromatic N) is 5. The van der Waals surface area contributed by atoms with Gasteiger partial charge in [-0.3, -0.25) is 9.58 Å². The number of thiophene rings is 1. The average Bonchev–Trinajstić information content (AvgIpc) is 3.35. The van der Waals surface area contributed by atoms with Crippen LogP contribution in [-0.4, -0.2) is 99.7 Å². The number of aliphatic carboxylic acids is 2. The third kappa shape index (κ3) is 11.7. The maximum atomic E-state index is 10.6. The second kappa shape index (κ2) is 14.4. The minimum atomic E-state index is -5.08. The summed E-state index contributed by atoms with van der Waals surface area (Å²) in [6, 6.07) is 4.42. The zero-order chi connectivity index (χ0) is 29.3. The number of likely N-dealkylation sites (N-methyl/N-ethyl adjacent to an activating group) is 1. The van der Waals surface area contributed by atoms with Crippen molar-refractivity contribution in [3.05, 3.63) is 33.3 Å². The van der Waals surface area contributed by atoms with Gasteiger partial charge >= 0.3 is 24.3 Å². The number of fused-ring (bicyclic) bond motifs is 1. The minimum absolute atomic E-state index is 0.331. The van der Waals surface area contributed by atoms with E-state index in [4.69, 9.17) is 24.5 Å². The zero-order valence-corrected chi connectivity index (χ0v) is 21.8. The lowest BCUT2D eigenvalue weighted by atomic mass is 9.99. The Hall–Kier alpha value is -2.76. The molecular weight excluding hydrogens is 548 g/mol. The van der Waals surface area contributed by atoms with E-state index >= 15 is 0 Å². The molecule has 3 heterocycles. The van der Waals surface area contributed by atoms with E-state index in [1.807, 2.05) is 23.1 Å². The van der Waals surface area contributed by atoms with Crippen LogP contribution in [0.25, 0.3) is 0 Å². The fourth-order valence-electron chi connectivity index (χ4n) is 3.21. The van der Waals surface area contributed by atoms with Crippen LogP contribution in [0.4, 0.5) is 26.3 Å². The first-order chi connectivity index (χ1) is 17.4. The Morgan fingerprint density at radius 2 is 1.68 bits per heavy atom. The van der Waals surface area contributed by atoms with Gasteiger partial charge in [-0.1, -0.05) is 5.21 Å². The lowest BCUT2D eigenvalue weighted by Gasteiger charge is -2.31. The topological polar surface area (TPSA) is 121 Å². The summed E-state index contributed by atoms with van der Waals surface area (Å²) in [7, 11) is 6.12. The fourth-order valence-corrected chi connectivity index (χ4v) is 4.14. The fraction of sp³-hybridized carbons (Fsp3) is 0.619. The van der Waals surface area contributed by atoms with Crippen LogP contribution in [0.15, 0.2) is 12.1 Å². The van der Waals surface area contributed by atoms with Gasteiger partial charge in [-0.25, -0.2) is 9.59 Å². The van der Waals surface area contributed by atoms with Gasteiger partial charge in [-0.2, -0.15) is 26.3 Å². The van der Waals surface area contributed by atoms with E-state index in [2.05, 4.69) is 53.3 Å². The van der Waals surface area contributed by atoms with Crippen molar-refractivity contribution in [3.8, 4) is 0 Å². The Kier molecular flexibility index (Phi) is 12.6. The summed E-state index contributed by atoms with van der Waals surface area (Å²) in [5, 5.41) is 22.9. The smallest absolute Gasteiger partial charge is 0.475 e. The first-order valence-electron chi connectivity index (χ1n) is 10.9. The van der Waals surface area contributed by atoms with Crippen LogP contribution < -0.4 is 0 Å². The van der Waals surface area contributed by atoms with E-state index in [1.165, 1.54) is 15.4 Å². The molecule has 0 aliphatic carbocycles. The number of aromatic nitrogens is 3. The van der Waals surface area contributed by atoms with Crippen molar-refractivity contribution in [3.63, 3.8) is 0 Å². The normalized spacial score (nSPS) is 15.7. The highest BCUT2D eigenvalue weighted by Crippen LogP contribution is 2.29. The number of hydrogen-bond donors (Lipinski definition) is 2. The van der Waals surface area contributed by atoms with Crippen molar-refractivity contribution in [1.82, 2.24) is 24.8 Å². The van der Waals surface area contributed by atoms with Crippen LogP contribution in [0.1, 0.15) is 27.1 Å². The van der Waals surface area contributed by atoms with Crippen molar-refractivity contribution >= 4 is 23.3 Å². The molecule has 0 saturated heterocycles. The molecule has 38 heavy (non-hydrogen) atoms. The number of alkyl halides is 6. The molecule has 216 valence electrons. The standard InChI is InChI=1S/C17H27N5OS.2C2HF3O2/c1-13-5-6-15(24-13)10-22-9-14(12-23-8-7-20(2)3)17-16(11-22)18-19-21(17)4;2*3-2(4,5)1(6)7/h5-6,14H,7-12H2,1-4H3;2*(H,6,7). The van der Waals surface area contributed by atoms with Crippen LogP contribution >= 0.6 is 11.3 Å². The molecule has 0 bridgehead atoms. The van der Waals surface area contributed by atoms with Gasteiger partial charge in [0.15, 0.2) is 0 Å². The summed E-state index contributed by atoms with van der Waals surface area (Å²) in [6.07, 6.45) is -10.2. The van der Waals surface area contributed by atoms with E-state index in [-0.39, 0.29) is 0 Å². The van der Waals surface area contributed by atoms with E-state index in [0.29, 0.717) is 5.92 Å². The molecule has 0 saturated carbocycles. The van der Waals surface area contributed by atoms with E-state index in [9.17, 15) is 26.3 Å². The van der Waals surface area contributed by atoms with Gasteiger partial charge in [0.05, 0.1) is 18.9 Å². The molecule has 0 amide bonds. The average molecular weight is 578 g/mol. The summed E-state index contributed by atoms with van der Waals surface area (Å²) < 4.78 is 71.3. The summed E-state index contributed by atoms with van der Waals surface area (Å²) in [5.41, 5.74) is 2.33. The highest BCUT2D eigenvalue weighted by atomic mass is 32.1. The molecule has 0 fully saturated rings. The number of ether oxygens (including phenoxy) is 1. The Labute approximate surface area is 218 Å². The monoisotopic (exact) mass is 577 g/mol. The molecule has 2 N–H and O–H groups in total. The number of carboxylic acids is 2.